The van der Waals surface area contributed by atoms with Crippen LogP contribution in [0.4, 0.5) is 0 Å². The van der Waals surface area contributed by atoms with Crippen LogP contribution < -0.4 is 5.32 Å². The average molecular weight is 223 g/mol. The highest BCUT2D eigenvalue weighted by atomic mass is 32.1. The lowest BCUT2D eigenvalue weighted by Crippen LogP contribution is -2.17. The van der Waals surface area contributed by atoms with Gasteiger partial charge in [-0.15, -0.1) is 11.3 Å². The third kappa shape index (κ3) is 3.62. The highest BCUT2D eigenvalue weighted by Crippen LogP contribution is 2.22. The van der Waals surface area contributed by atoms with Crippen LogP contribution in [-0.4, -0.2) is 12.6 Å². The molecule has 1 aliphatic carbocycles. The molecule has 2 heteroatoms. The van der Waals surface area contributed by atoms with E-state index in [1.807, 2.05) is 11.3 Å². The standard InChI is InChI=1S/C13H21NS/c1-10-9-12(11(2)15-10)5-3-4-8-14-13-6-7-13/h9,13-14H,3-8H2,1-2H3. The van der Waals surface area contributed by atoms with Gasteiger partial charge in [-0.25, -0.2) is 0 Å². The Labute approximate surface area is 96.9 Å². The normalized spacial score (nSPS) is 15.9. The van der Waals surface area contributed by atoms with E-state index in [4.69, 9.17) is 0 Å². The van der Waals surface area contributed by atoms with Gasteiger partial charge in [-0.2, -0.15) is 0 Å². The molecular formula is C13H21NS. The molecule has 1 nitrogen and oxygen atoms in total. The molecule has 15 heavy (non-hydrogen) atoms. The number of hydrogen-bond acceptors (Lipinski definition) is 2. The minimum absolute atomic E-state index is 0.870. The van der Waals surface area contributed by atoms with Crippen LogP contribution in [0.3, 0.4) is 0 Å². The predicted octanol–water partition coefficient (Wildman–Crippen LogP) is 3.44. The predicted molar refractivity (Wildman–Crippen MR) is 67.8 cm³/mol. The molecule has 1 N–H and O–H groups in total. The Bertz CT molecular complexity index is 312. The molecule has 0 spiro atoms. The molecule has 0 aromatic carbocycles. The van der Waals surface area contributed by atoms with Crippen LogP contribution in [-0.2, 0) is 6.42 Å². The monoisotopic (exact) mass is 223 g/mol. The molecular weight excluding hydrogens is 202 g/mol. The summed E-state index contributed by atoms with van der Waals surface area (Å²) in [5, 5.41) is 3.57. The number of thiophene rings is 1. The molecule has 1 saturated carbocycles. The zero-order chi connectivity index (χ0) is 10.7. The fraction of sp³-hybridized carbons (Fsp3) is 0.692. The smallest absolute Gasteiger partial charge is 0.00682 e. The van der Waals surface area contributed by atoms with Crippen LogP contribution >= 0.6 is 11.3 Å². The Balaban J connectivity index is 1.62. The van der Waals surface area contributed by atoms with E-state index in [1.54, 1.807) is 5.56 Å². The Hall–Kier alpha value is -0.340. The van der Waals surface area contributed by atoms with E-state index in [-0.39, 0.29) is 0 Å². The fourth-order valence-corrected chi connectivity index (χ4v) is 2.94. The van der Waals surface area contributed by atoms with Crippen LogP contribution in [0, 0.1) is 13.8 Å². The third-order valence-corrected chi connectivity index (χ3v) is 4.04. The quantitative estimate of drug-likeness (QED) is 0.728. The van der Waals surface area contributed by atoms with E-state index < -0.39 is 0 Å². The molecule has 1 aliphatic rings. The molecule has 0 bridgehead atoms. The van der Waals surface area contributed by atoms with Crippen molar-refractivity contribution in [2.24, 2.45) is 0 Å². The van der Waals surface area contributed by atoms with Crippen molar-refractivity contribution in [2.45, 2.75) is 52.0 Å². The number of aryl methyl sites for hydroxylation is 3. The first kappa shape index (κ1) is 11.2. The summed E-state index contributed by atoms with van der Waals surface area (Å²) in [5.41, 5.74) is 1.57. The van der Waals surface area contributed by atoms with Gasteiger partial charge in [0.05, 0.1) is 0 Å². The molecule has 0 saturated heterocycles. The van der Waals surface area contributed by atoms with E-state index in [0.29, 0.717) is 0 Å². The van der Waals surface area contributed by atoms with Crippen LogP contribution in [0.1, 0.15) is 41.0 Å². The fourth-order valence-electron chi connectivity index (χ4n) is 1.97. The second kappa shape index (κ2) is 5.13. The minimum atomic E-state index is 0.870. The molecule has 0 aliphatic heterocycles. The van der Waals surface area contributed by atoms with Crippen molar-refractivity contribution in [3.63, 3.8) is 0 Å². The zero-order valence-electron chi connectivity index (χ0n) is 9.81. The van der Waals surface area contributed by atoms with E-state index in [1.165, 1.54) is 48.4 Å². The second-order valence-electron chi connectivity index (χ2n) is 4.62. The first-order valence-corrected chi connectivity index (χ1v) is 6.86. The Morgan fingerprint density at radius 2 is 2.13 bits per heavy atom. The van der Waals surface area contributed by atoms with Crippen molar-refractivity contribution >= 4 is 11.3 Å². The van der Waals surface area contributed by atoms with Crippen molar-refractivity contribution in [3.8, 4) is 0 Å². The second-order valence-corrected chi connectivity index (χ2v) is 6.08. The first-order valence-electron chi connectivity index (χ1n) is 6.05. The summed E-state index contributed by atoms with van der Waals surface area (Å²) in [5.74, 6) is 0. The highest BCUT2D eigenvalue weighted by Gasteiger charge is 2.19. The van der Waals surface area contributed by atoms with Gasteiger partial charge in [0.15, 0.2) is 0 Å². The molecule has 84 valence electrons. The average Bonchev–Trinajstić information content (AvgIpc) is 2.94. The topological polar surface area (TPSA) is 12.0 Å². The Morgan fingerprint density at radius 1 is 1.33 bits per heavy atom. The van der Waals surface area contributed by atoms with Crippen molar-refractivity contribution in [1.82, 2.24) is 5.32 Å². The number of unbranched alkanes of at least 4 members (excludes halogenated alkanes) is 1. The lowest BCUT2D eigenvalue weighted by Gasteiger charge is -2.02. The van der Waals surface area contributed by atoms with Crippen molar-refractivity contribution in [2.75, 3.05) is 6.54 Å². The van der Waals surface area contributed by atoms with Gasteiger partial charge in [0, 0.05) is 15.8 Å². The molecule has 0 amide bonds. The SMILES string of the molecule is Cc1cc(CCCCNC2CC2)c(C)s1. The molecule has 2 rings (SSSR count). The number of rotatable bonds is 6. The molecule has 0 atom stereocenters. The Kier molecular flexibility index (Phi) is 3.81. The summed E-state index contributed by atoms with van der Waals surface area (Å²) in [4.78, 5) is 2.97. The summed E-state index contributed by atoms with van der Waals surface area (Å²) in [6.07, 6.45) is 6.73. The maximum absolute atomic E-state index is 3.57. The van der Waals surface area contributed by atoms with Crippen molar-refractivity contribution in [1.29, 1.82) is 0 Å². The molecule has 0 radical (unpaired) electrons. The van der Waals surface area contributed by atoms with Crippen molar-refractivity contribution in [3.05, 3.63) is 21.4 Å². The van der Waals surface area contributed by atoms with Gasteiger partial charge in [0.2, 0.25) is 0 Å². The maximum atomic E-state index is 3.57. The van der Waals surface area contributed by atoms with Gasteiger partial charge in [0.1, 0.15) is 0 Å². The largest absolute Gasteiger partial charge is 0.314 e. The summed E-state index contributed by atoms with van der Waals surface area (Å²) >= 11 is 1.93. The summed E-state index contributed by atoms with van der Waals surface area (Å²) < 4.78 is 0. The third-order valence-electron chi connectivity index (χ3n) is 3.03. The van der Waals surface area contributed by atoms with Gasteiger partial charge in [-0.1, -0.05) is 0 Å². The number of hydrogen-bond donors (Lipinski definition) is 1. The Morgan fingerprint density at radius 3 is 2.73 bits per heavy atom. The zero-order valence-corrected chi connectivity index (χ0v) is 10.6. The van der Waals surface area contributed by atoms with Crippen LogP contribution in [0.15, 0.2) is 6.07 Å². The van der Waals surface area contributed by atoms with Gasteiger partial charge in [-0.3, -0.25) is 0 Å². The summed E-state index contributed by atoms with van der Waals surface area (Å²) in [7, 11) is 0. The molecule has 1 fully saturated rings. The van der Waals surface area contributed by atoms with Crippen LogP contribution in [0.25, 0.3) is 0 Å². The van der Waals surface area contributed by atoms with Gasteiger partial charge < -0.3 is 5.32 Å². The summed E-state index contributed by atoms with van der Waals surface area (Å²) in [6, 6.07) is 3.23. The summed E-state index contributed by atoms with van der Waals surface area (Å²) in [6.45, 7) is 5.66. The maximum Gasteiger partial charge on any atom is 0.00682 e. The van der Waals surface area contributed by atoms with E-state index in [2.05, 4.69) is 25.2 Å². The van der Waals surface area contributed by atoms with Crippen LogP contribution in [0.5, 0.6) is 0 Å². The molecule has 0 unspecified atom stereocenters. The van der Waals surface area contributed by atoms with Gasteiger partial charge >= 0.3 is 0 Å². The lowest BCUT2D eigenvalue weighted by atomic mass is 10.1. The molecule has 1 aromatic heterocycles. The highest BCUT2D eigenvalue weighted by molar-refractivity contribution is 7.12. The first-order chi connectivity index (χ1) is 7.25. The van der Waals surface area contributed by atoms with Crippen molar-refractivity contribution < 1.29 is 0 Å². The van der Waals surface area contributed by atoms with Gasteiger partial charge in [-0.05, 0) is 64.1 Å². The van der Waals surface area contributed by atoms with E-state index >= 15 is 0 Å². The van der Waals surface area contributed by atoms with E-state index in [9.17, 15) is 0 Å². The lowest BCUT2D eigenvalue weighted by molar-refractivity contribution is 0.619. The van der Waals surface area contributed by atoms with Crippen LogP contribution in [0.2, 0.25) is 0 Å². The van der Waals surface area contributed by atoms with Gasteiger partial charge in [0.25, 0.3) is 0 Å². The molecule has 1 heterocycles. The van der Waals surface area contributed by atoms with E-state index in [0.717, 1.165) is 6.04 Å². The number of nitrogens with one attached hydrogen (secondary N) is 1. The minimum Gasteiger partial charge on any atom is -0.314 e. The molecule has 1 aromatic rings.